The van der Waals surface area contributed by atoms with Crippen LogP contribution in [0.2, 0.25) is 0 Å². The molecule has 0 amide bonds. The number of rotatable bonds is 5. The average molecular weight is 326 g/mol. The van der Waals surface area contributed by atoms with Crippen LogP contribution in [0.25, 0.3) is 10.2 Å². The first-order chi connectivity index (χ1) is 11.3. The van der Waals surface area contributed by atoms with Crippen molar-refractivity contribution < 1.29 is 5.11 Å². The molecule has 3 aromatic rings. The lowest BCUT2D eigenvalue weighted by molar-refractivity contribution is 0.0342. The molecule has 0 bridgehead atoms. The summed E-state index contributed by atoms with van der Waals surface area (Å²) in [5.41, 5.74) is 1.24. The van der Waals surface area contributed by atoms with Gasteiger partial charge in [-0.2, -0.15) is 0 Å². The van der Waals surface area contributed by atoms with Crippen molar-refractivity contribution in [3.05, 3.63) is 47.9 Å². The highest BCUT2D eigenvalue weighted by Gasteiger charge is 2.34. The minimum absolute atomic E-state index is 0.159. The molecular weight excluding hydrogens is 308 g/mol. The normalized spacial score (nSPS) is 21.8. The zero-order valence-electron chi connectivity index (χ0n) is 12.6. The zero-order chi connectivity index (χ0) is 15.6. The van der Waals surface area contributed by atoms with Crippen LogP contribution in [0.5, 0.6) is 0 Å². The van der Waals surface area contributed by atoms with E-state index in [9.17, 15) is 5.11 Å². The fourth-order valence-electron chi connectivity index (χ4n) is 3.15. The molecule has 1 fully saturated rings. The molecule has 0 saturated heterocycles. The number of aliphatic hydroxyl groups is 1. The molecule has 0 spiro atoms. The van der Waals surface area contributed by atoms with Crippen LogP contribution in [0.15, 0.2) is 42.3 Å². The van der Waals surface area contributed by atoms with Gasteiger partial charge >= 0.3 is 0 Å². The van der Waals surface area contributed by atoms with Gasteiger partial charge in [-0.05, 0) is 54.3 Å². The number of fused-ring (bicyclic) bond motifs is 1. The number of aromatic nitrogens is 3. The largest absolute Gasteiger partial charge is 0.393 e. The van der Waals surface area contributed by atoms with Crippen molar-refractivity contribution in [2.75, 3.05) is 5.32 Å². The van der Waals surface area contributed by atoms with Crippen LogP contribution in [0.1, 0.15) is 18.4 Å². The van der Waals surface area contributed by atoms with Crippen molar-refractivity contribution in [3.63, 3.8) is 0 Å². The number of hydrogen-bond acceptors (Lipinski definition) is 6. The number of thiophene rings is 1. The Bertz CT molecular complexity index is 785. The zero-order valence-corrected chi connectivity index (χ0v) is 13.4. The van der Waals surface area contributed by atoms with Crippen LogP contribution in [-0.2, 0) is 6.42 Å². The Balaban J connectivity index is 1.59. The van der Waals surface area contributed by atoms with Gasteiger partial charge in [0.1, 0.15) is 17.0 Å². The molecule has 0 aromatic carbocycles. The molecule has 1 aliphatic rings. The Hall–Kier alpha value is -2.05. The minimum Gasteiger partial charge on any atom is -0.393 e. The second-order valence-corrected chi connectivity index (χ2v) is 6.95. The summed E-state index contributed by atoms with van der Waals surface area (Å²) in [7, 11) is 0. The minimum atomic E-state index is -0.159. The summed E-state index contributed by atoms with van der Waals surface area (Å²) in [5, 5.41) is 16.4. The summed E-state index contributed by atoms with van der Waals surface area (Å²) in [6.45, 7) is 0. The summed E-state index contributed by atoms with van der Waals surface area (Å²) in [6.07, 6.45) is 7.69. The van der Waals surface area contributed by atoms with E-state index in [4.69, 9.17) is 0 Å². The predicted molar refractivity (Wildman–Crippen MR) is 91.5 cm³/mol. The summed E-state index contributed by atoms with van der Waals surface area (Å²) in [5.74, 6) is 1.35. The molecule has 5 nitrogen and oxygen atoms in total. The van der Waals surface area contributed by atoms with Gasteiger partial charge < -0.3 is 10.4 Å². The lowest BCUT2D eigenvalue weighted by Crippen LogP contribution is -2.42. The Morgan fingerprint density at radius 2 is 2.04 bits per heavy atom. The molecule has 1 saturated carbocycles. The van der Waals surface area contributed by atoms with Gasteiger partial charge in [0, 0.05) is 18.4 Å². The molecule has 23 heavy (non-hydrogen) atoms. The molecular formula is C17H18N4OS. The summed E-state index contributed by atoms with van der Waals surface area (Å²) in [6, 6.07) is 6.40. The van der Waals surface area contributed by atoms with Crippen molar-refractivity contribution in [1.82, 2.24) is 15.0 Å². The third-order valence-corrected chi connectivity index (χ3v) is 5.33. The molecule has 6 heteroatoms. The molecule has 3 aromatic heterocycles. The van der Waals surface area contributed by atoms with E-state index in [1.54, 1.807) is 17.7 Å². The van der Waals surface area contributed by atoms with E-state index in [0.29, 0.717) is 5.92 Å². The van der Waals surface area contributed by atoms with Crippen LogP contribution < -0.4 is 5.32 Å². The molecule has 3 heterocycles. The molecule has 118 valence electrons. The standard InChI is InChI=1S/C17H18N4OS/c22-13-8-12(9-13)15(7-11-1-4-18-5-2-11)21-16-14-3-6-23-17(14)20-10-19-16/h1-6,10,12-13,15,22H,7-9H2,(H,19,20,21)/t12?,13?,15-/m1/s1. The molecule has 1 atom stereocenters. The SMILES string of the molecule is OC1CC([C@@H](Cc2ccncc2)Nc2ncnc3sccc23)C1. The highest BCUT2D eigenvalue weighted by molar-refractivity contribution is 7.16. The van der Waals surface area contributed by atoms with E-state index in [-0.39, 0.29) is 12.1 Å². The lowest BCUT2D eigenvalue weighted by atomic mass is 9.75. The van der Waals surface area contributed by atoms with Gasteiger partial charge in [0.15, 0.2) is 0 Å². The van der Waals surface area contributed by atoms with Gasteiger partial charge in [-0.3, -0.25) is 4.98 Å². The Labute approximate surface area is 138 Å². The van der Waals surface area contributed by atoms with Gasteiger partial charge in [-0.1, -0.05) is 0 Å². The third-order valence-electron chi connectivity index (χ3n) is 4.51. The second kappa shape index (κ2) is 6.22. The van der Waals surface area contributed by atoms with E-state index < -0.39 is 0 Å². The Morgan fingerprint density at radius 1 is 1.22 bits per heavy atom. The van der Waals surface area contributed by atoms with Crippen molar-refractivity contribution in [3.8, 4) is 0 Å². The number of nitrogens with one attached hydrogen (secondary N) is 1. The molecule has 1 aliphatic carbocycles. The number of hydrogen-bond donors (Lipinski definition) is 2. The van der Waals surface area contributed by atoms with Crippen molar-refractivity contribution in [1.29, 1.82) is 0 Å². The van der Waals surface area contributed by atoms with E-state index >= 15 is 0 Å². The van der Waals surface area contributed by atoms with E-state index in [2.05, 4.69) is 26.3 Å². The number of nitrogens with zero attached hydrogens (tertiary/aromatic N) is 3. The monoisotopic (exact) mass is 326 g/mol. The molecule has 0 radical (unpaired) electrons. The fourth-order valence-corrected chi connectivity index (χ4v) is 3.88. The van der Waals surface area contributed by atoms with Crippen LogP contribution in [-0.4, -0.2) is 32.2 Å². The lowest BCUT2D eigenvalue weighted by Gasteiger charge is -2.38. The first-order valence-electron chi connectivity index (χ1n) is 7.81. The van der Waals surface area contributed by atoms with E-state index in [0.717, 1.165) is 35.3 Å². The van der Waals surface area contributed by atoms with Crippen molar-refractivity contribution >= 4 is 27.4 Å². The Kier molecular flexibility index (Phi) is 3.93. The van der Waals surface area contributed by atoms with Crippen LogP contribution in [0.3, 0.4) is 0 Å². The van der Waals surface area contributed by atoms with Crippen molar-refractivity contribution in [2.45, 2.75) is 31.4 Å². The van der Waals surface area contributed by atoms with Gasteiger partial charge in [-0.15, -0.1) is 11.3 Å². The molecule has 4 rings (SSSR count). The molecule has 0 unspecified atom stereocenters. The number of aliphatic hydroxyl groups excluding tert-OH is 1. The Morgan fingerprint density at radius 3 is 2.83 bits per heavy atom. The molecule has 0 aliphatic heterocycles. The first-order valence-corrected chi connectivity index (χ1v) is 8.69. The van der Waals surface area contributed by atoms with Crippen LogP contribution in [0.4, 0.5) is 5.82 Å². The van der Waals surface area contributed by atoms with E-state index in [1.807, 2.05) is 29.9 Å². The van der Waals surface area contributed by atoms with Crippen LogP contribution >= 0.6 is 11.3 Å². The molecule has 2 N–H and O–H groups in total. The third kappa shape index (κ3) is 3.04. The quantitative estimate of drug-likeness (QED) is 0.754. The predicted octanol–water partition coefficient (Wildman–Crippen LogP) is 2.88. The van der Waals surface area contributed by atoms with Crippen LogP contribution in [0, 0.1) is 5.92 Å². The number of pyridine rings is 1. The summed E-state index contributed by atoms with van der Waals surface area (Å²) >= 11 is 1.62. The van der Waals surface area contributed by atoms with Gasteiger partial charge in [0.25, 0.3) is 0 Å². The second-order valence-electron chi connectivity index (χ2n) is 6.06. The van der Waals surface area contributed by atoms with E-state index in [1.165, 1.54) is 5.56 Å². The van der Waals surface area contributed by atoms with Gasteiger partial charge in [0.05, 0.1) is 11.5 Å². The topological polar surface area (TPSA) is 70.9 Å². The van der Waals surface area contributed by atoms with Crippen molar-refractivity contribution in [2.24, 2.45) is 5.92 Å². The summed E-state index contributed by atoms with van der Waals surface area (Å²) in [4.78, 5) is 13.8. The highest BCUT2D eigenvalue weighted by atomic mass is 32.1. The number of anilines is 1. The highest BCUT2D eigenvalue weighted by Crippen LogP contribution is 2.34. The maximum absolute atomic E-state index is 9.68. The summed E-state index contributed by atoms with van der Waals surface area (Å²) < 4.78 is 0. The van der Waals surface area contributed by atoms with Gasteiger partial charge in [0.2, 0.25) is 0 Å². The van der Waals surface area contributed by atoms with Gasteiger partial charge in [-0.25, -0.2) is 9.97 Å². The first kappa shape index (κ1) is 14.5. The fraction of sp³-hybridized carbons (Fsp3) is 0.353. The smallest absolute Gasteiger partial charge is 0.138 e. The maximum atomic E-state index is 9.68. The average Bonchev–Trinajstić information content (AvgIpc) is 3.02. The maximum Gasteiger partial charge on any atom is 0.138 e.